The molecule has 0 spiro atoms. The van der Waals surface area contributed by atoms with Crippen LogP contribution in [0.1, 0.15) is 19.4 Å². The summed E-state index contributed by atoms with van der Waals surface area (Å²) in [6.45, 7) is 5.72. The van der Waals surface area contributed by atoms with Gasteiger partial charge in [0.25, 0.3) is 0 Å². The van der Waals surface area contributed by atoms with E-state index in [0.717, 1.165) is 11.1 Å². The number of hydrogen-bond acceptors (Lipinski definition) is 6. The maximum Gasteiger partial charge on any atom is 0.320 e. The Kier molecular flexibility index (Phi) is 7.19. The van der Waals surface area contributed by atoms with E-state index in [1.165, 1.54) is 18.4 Å². The second-order valence-electron chi connectivity index (χ2n) is 7.29. The third kappa shape index (κ3) is 5.79. The fourth-order valence-corrected chi connectivity index (χ4v) is 3.60. The molecule has 0 saturated heterocycles. The molecular formula is C22H25N5O3S. The first-order valence-electron chi connectivity index (χ1n) is 9.79. The van der Waals surface area contributed by atoms with Crippen LogP contribution in [-0.2, 0) is 4.79 Å². The molecule has 0 radical (unpaired) electrons. The van der Waals surface area contributed by atoms with E-state index in [9.17, 15) is 9.59 Å². The lowest BCUT2D eigenvalue weighted by atomic mass is 10.0. The van der Waals surface area contributed by atoms with Crippen LogP contribution in [0.3, 0.4) is 0 Å². The number of nitrogens with one attached hydrogen (secondary N) is 3. The Morgan fingerprint density at radius 3 is 2.39 bits per heavy atom. The maximum atomic E-state index is 12.8. The summed E-state index contributed by atoms with van der Waals surface area (Å²) >= 11 is 1.28. The molecule has 1 aromatic heterocycles. The van der Waals surface area contributed by atoms with E-state index in [2.05, 4.69) is 26.1 Å². The average molecular weight is 440 g/mol. The van der Waals surface area contributed by atoms with Crippen molar-refractivity contribution in [2.45, 2.75) is 26.8 Å². The molecule has 0 bridgehead atoms. The van der Waals surface area contributed by atoms with Crippen LogP contribution in [0.2, 0.25) is 0 Å². The van der Waals surface area contributed by atoms with Gasteiger partial charge in [-0.2, -0.15) is 0 Å². The van der Waals surface area contributed by atoms with Crippen molar-refractivity contribution in [1.82, 2.24) is 15.5 Å². The van der Waals surface area contributed by atoms with Gasteiger partial charge in [-0.05, 0) is 25.0 Å². The molecule has 3 N–H and O–H groups in total. The zero-order chi connectivity index (χ0) is 22.4. The van der Waals surface area contributed by atoms with Crippen LogP contribution in [0.5, 0.6) is 5.75 Å². The van der Waals surface area contributed by atoms with Gasteiger partial charge in [0, 0.05) is 5.56 Å². The van der Waals surface area contributed by atoms with Crippen molar-refractivity contribution in [3.63, 3.8) is 0 Å². The van der Waals surface area contributed by atoms with E-state index in [-0.39, 0.29) is 11.8 Å². The Labute approximate surface area is 185 Å². The lowest BCUT2D eigenvalue weighted by Gasteiger charge is -2.21. The van der Waals surface area contributed by atoms with Gasteiger partial charge in [-0.1, -0.05) is 67.1 Å². The van der Waals surface area contributed by atoms with Crippen molar-refractivity contribution < 1.29 is 14.3 Å². The number of carbonyl (C=O) groups is 2. The summed E-state index contributed by atoms with van der Waals surface area (Å²) in [5.74, 6) is 0.0189. The number of benzene rings is 2. The third-order valence-electron chi connectivity index (χ3n) is 4.54. The van der Waals surface area contributed by atoms with Crippen LogP contribution in [0.4, 0.5) is 15.6 Å². The quantitative estimate of drug-likeness (QED) is 0.509. The minimum atomic E-state index is -0.763. The summed E-state index contributed by atoms with van der Waals surface area (Å²) in [5.41, 5.74) is 2.59. The predicted octanol–water partition coefficient (Wildman–Crippen LogP) is 4.31. The van der Waals surface area contributed by atoms with E-state index in [4.69, 9.17) is 4.74 Å². The lowest BCUT2D eigenvalue weighted by Crippen LogP contribution is -2.48. The molecule has 0 aliphatic heterocycles. The van der Waals surface area contributed by atoms with E-state index < -0.39 is 12.1 Å². The standard InChI is InChI=1S/C22H25N5O3S/c1-13(2)18(24-21(29)23-16-7-5-6-8-17(16)30-4)19(28)25-22-27-26-20(31-22)15-11-9-14(3)10-12-15/h5-13,18H,1-4H3,(H2,23,24,29)(H,25,27,28). The number of methoxy groups -OCH3 is 1. The fourth-order valence-electron chi connectivity index (χ4n) is 2.85. The number of ether oxygens (including phenoxy) is 1. The molecule has 162 valence electrons. The number of amides is 3. The van der Waals surface area contributed by atoms with Gasteiger partial charge in [-0.25, -0.2) is 4.79 Å². The molecule has 8 nitrogen and oxygen atoms in total. The van der Waals surface area contributed by atoms with E-state index in [1.54, 1.807) is 24.3 Å². The molecule has 0 fully saturated rings. The van der Waals surface area contributed by atoms with Crippen molar-refractivity contribution in [1.29, 1.82) is 0 Å². The van der Waals surface area contributed by atoms with Crippen LogP contribution in [-0.4, -0.2) is 35.3 Å². The summed E-state index contributed by atoms with van der Waals surface area (Å²) in [6.07, 6.45) is 0. The number of rotatable bonds is 7. The number of nitrogens with zero attached hydrogens (tertiary/aromatic N) is 2. The normalized spacial score (nSPS) is 11.6. The van der Waals surface area contributed by atoms with Gasteiger partial charge in [0.05, 0.1) is 12.8 Å². The van der Waals surface area contributed by atoms with E-state index in [1.807, 2.05) is 45.0 Å². The largest absolute Gasteiger partial charge is 0.495 e. The van der Waals surface area contributed by atoms with Gasteiger partial charge in [0.1, 0.15) is 16.8 Å². The molecular weight excluding hydrogens is 414 g/mol. The first kappa shape index (κ1) is 22.2. The molecule has 2 aromatic carbocycles. The average Bonchev–Trinajstić information content (AvgIpc) is 3.21. The van der Waals surface area contributed by atoms with Gasteiger partial charge in [-0.3, -0.25) is 10.1 Å². The summed E-state index contributed by atoms with van der Waals surface area (Å²) in [5, 5.41) is 17.5. The van der Waals surface area contributed by atoms with E-state index in [0.29, 0.717) is 21.6 Å². The van der Waals surface area contributed by atoms with Crippen molar-refractivity contribution in [2.24, 2.45) is 5.92 Å². The molecule has 31 heavy (non-hydrogen) atoms. The zero-order valence-electron chi connectivity index (χ0n) is 17.8. The molecule has 1 atom stereocenters. The summed E-state index contributed by atoms with van der Waals surface area (Å²) in [6, 6.07) is 13.7. The second-order valence-corrected chi connectivity index (χ2v) is 8.27. The number of hydrogen-bond donors (Lipinski definition) is 3. The van der Waals surface area contributed by atoms with Crippen LogP contribution >= 0.6 is 11.3 Å². The summed E-state index contributed by atoms with van der Waals surface area (Å²) in [7, 11) is 1.52. The Morgan fingerprint density at radius 2 is 1.71 bits per heavy atom. The number of para-hydroxylation sites is 2. The highest BCUT2D eigenvalue weighted by Gasteiger charge is 2.25. The highest BCUT2D eigenvalue weighted by atomic mass is 32.1. The molecule has 0 aliphatic carbocycles. The predicted molar refractivity (Wildman–Crippen MR) is 122 cm³/mol. The van der Waals surface area contributed by atoms with Crippen molar-refractivity contribution in [3.8, 4) is 16.3 Å². The van der Waals surface area contributed by atoms with Crippen LogP contribution in [0.25, 0.3) is 10.6 Å². The number of carbonyl (C=O) groups excluding carboxylic acids is 2. The lowest BCUT2D eigenvalue weighted by molar-refractivity contribution is -0.118. The Balaban J connectivity index is 1.65. The van der Waals surface area contributed by atoms with Gasteiger partial charge < -0.3 is 15.4 Å². The molecule has 9 heteroatoms. The first-order chi connectivity index (χ1) is 14.9. The topological polar surface area (TPSA) is 105 Å². The molecule has 0 aliphatic rings. The van der Waals surface area contributed by atoms with Crippen LogP contribution < -0.4 is 20.7 Å². The number of urea groups is 1. The highest BCUT2D eigenvalue weighted by Crippen LogP contribution is 2.27. The number of anilines is 2. The molecule has 1 unspecified atom stereocenters. The van der Waals surface area contributed by atoms with Gasteiger partial charge in [0.15, 0.2) is 0 Å². The number of aryl methyl sites for hydroxylation is 1. The first-order valence-corrected chi connectivity index (χ1v) is 10.6. The van der Waals surface area contributed by atoms with Gasteiger partial charge in [-0.15, -0.1) is 10.2 Å². The Bertz CT molecular complexity index is 1050. The Morgan fingerprint density at radius 1 is 1.00 bits per heavy atom. The SMILES string of the molecule is COc1ccccc1NC(=O)NC(C(=O)Nc1nnc(-c2ccc(C)cc2)s1)C(C)C. The van der Waals surface area contributed by atoms with Crippen molar-refractivity contribution in [3.05, 3.63) is 54.1 Å². The fraction of sp³-hybridized carbons (Fsp3) is 0.273. The number of aromatic nitrogens is 2. The minimum Gasteiger partial charge on any atom is -0.495 e. The molecule has 3 aromatic rings. The van der Waals surface area contributed by atoms with Gasteiger partial charge in [0.2, 0.25) is 11.0 Å². The molecule has 1 heterocycles. The summed E-state index contributed by atoms with van der Waals surface area (Å²) < 4.78 is 5.23. The molecule has 0 saturated carbocycles. The molecule has 3 rings (SSSR count). The van der Waals surface area contributed by atoms with Crippen LogP contribution in [0, 0.1) is 12.8 Å². The smallest absolute Gasteiger partial charge is 0.320 e. The van der Waals surface area contributed by atoms with Crippen molar-refractivity contribution >= 4 is 34.1 Å². The Hall–Kier alpha value is -3.46. The van der Waals surface area contributed by atoms with Crippen molar-refractivity contribution in [2.75, 3.05) is 17.7 Å². The van der Waals surface area contributed by atoms with E-state index >= 15 is 0 Å². The minimum absolute atomic E-state index is 0.145. The monoisotopic (exact) mass is 439 g/mol. The summed E-state index contributed by atoms with van der Waals surface area (Å²) in [4.78, 5) is 25.3. The second kappa shape index (κ2) is 10.0. The molecule has 3 amide bonds. The zero-order valence-corrected chi connectivity index (χ0v) is 18.6. The van der Waals surface area contributed by atoms with Gasteiger partial charge >= 0.3 is 6.03 Å². The third-order valence-corrected chi connectivity index (χ3v) is 5.43. The van der Waals surface area contributed by atoms with Crippen LogP contribution in [0.15, 0.2) is 48.5 Å². The highest BCUT2D eigenvalue weighted by molar-refractivity contribution is 7.18. The maximum absolute atomic E-state index is 12.8.